The average molecular weight is 172 g/mol. The minimum absolute atomic E-state index is 0. The van der Waals surface area contributed by atoms with Gasteiger partial charge in [-0.1, -0.05) is 0 Å². The first-order chi connectivity index (χ1) is 3.68. The Morgan fingerprint density at radius 3 is 2.00 bits per heavy atom. The van der Waals surface area contributed by atoms with E-state index in [0.29, 0.717) is 0 Å². The number of ether oxygens (including phenoxy) is 1. The summed E-state index contributed by atoms with van der Waals surface area (Å²) in [5.74, 6) is -1.31. The molecule has 0 bridgehead atoms. The molecule has 51 valence electrons. The van der Waals surface area contributed by atoms with Crippen molar-refractivity contribution >= 4 is 11.8 Å². The Bertz CT molecular complexity index is 111. The van der Waals surface area contributed by atoms with Crippen molar-refractivity contribution in [2.75, 3.05) is 6.61 Å². The van der Waals surface area contributed by atoms with Crippen LogP contribution in [0.3, 0.4) is 0 Å². The Labute approximate surface area is 64.2 Å². The fraction of sp³-hybridized carbons (Fsp3) is 0.600. The maximum Gasteiger partial charge on any atom is 3.00 e. The molecule has 0 amide bonds. The van der Waals surface area contributed by atoms with Crippen LogP contribution in [0.2, 0.25) is 0 Å². The Balaban J connectivity index is 0. The molecule has 0 aliphatic carbocycles. The minimum Gasteiger partial charge on any atom is -0.460 e. The van der Waals surface area contributed by atoms with Crippen LogP contribution >= 0.6 is 0 Å². The van der Waals surface area contributed by atoms with Gasteiger partial charge in [0.15, 0.2) is 0 Å². The van der Waals surface area contributed by atoms with Crippen LogP contribution in [0.4, 0.5) is 0 Å². The van der Waals surface area contributed by atoms with Gasteiger partial charge in [0.1, 0.15) is 0 Å². The fourth-order valence-corrected chi connectivity index (χ4v) is 0.233. The van der Waals surface area contributed by atoms with E-state index in [4.69, 9.17) is 0 Å². The van der Waals surface area contributed by atoms with Gasteiger partial charge in [-0.05, 0) is 6.92 Å². The predicted molar refractivity (Wildman–Crippen MR) is 27.3 cm³/mol. The van der Waals surface area contributed by atoms with Crippen LogP contribution in [-0.2, 0) is 31.4 Å². The Morgan fingerprint density at radius 1 is 1.44 bits per heavy atom. The van der Waals surface area contributed by atoms with Crippen molar-refractivity contribution in [2.24, 2.45) is 0 Å². The second kappa shape index (κ2) is 5.79. The third kappa shape index (κ3) is 5.53. The molecular formula is C5H8FeO3+3. The second-order valence-electron chi connectivity index (χ2n) is 1.28. The van der Waals surface area contributed by atoms with Crippen molar-refractivity contribution in [3.8, 4) is 0 Å². The quantitative estimate of drug-likeness (QED) is 0.338. The molecule has 0 N–H and O–H groups in total. The molecule has 9 heavy (non-hydrogen) atoms. The third-order valence-electron chi connectivity index (χ3n) is 0.563. The summed E-state index contributed by atoms with van der Waals surface area (Å²) in [7, 11) is 0. The first-order valence-corrected chi connectivity index (χ1v) is 2.36. The van der Waals surface area contributed by atoms with Gasteiger partial charge in [0, 0.05) is 6.92 Å². The zero-order valence-electron chi connectivity index (χ0n) is 5.29. The second-order valence-corrected chi connectivity index (χ2v) is 1.28. The van der Waals surface area contributed by atoms with Gasteiger partial charge in [-0.3, -0.25) is 4.79 Å². The standard InChI is InChI=1S/C5H8O3.Fe/c1-3-8-5(7)4(2)6;/h3H2,1-2H3;/q;+3. The largest absolute Gasteiger partial charge is 3.00 e. The van der Waals surface area contributed by atoms with Crippen LogP contribution in [0.25, 0.3) is 0 Å². The summed E-state index contributed by atoms with van der Waals surface area (Å²) in [4.78, 5) is 20.2. The first kappa shape index (κ1) is 11.5. The molecule has 0 saturated heterocycles. The number of hydrogen-bond donors (Lipinski definition) is 0. The number of esters is 1. The number of rotatable bonds is 2. The predicted octanol–water partition coefficient (Wildman–Crippen LogP) is 0.136. The maximum atomic E-state index is 10.2. The molecule has 0 fully saturated rings. The van der Waals surface area contributed by atoms with Gasteiger partial charge in [0.05, 0.1) is 6.61 Å². The molecule has 0 aromatic heterocycles. The summed E-state index contributed by atoms with van der Waals surface area (Å²) in [6.07, 6.45) is 0. The molecule has 4 heteroatoms. The summed E-state index contributed by atoms with van der Waals surface area (Å²) in [5.41, 5.74) is 0. The van der Waals surface area contributed by atoms with E-state index >= 15 is 0 Å². The topological polar surface area (TPSA) is 43.4 Å². The van der Waals surface area contributed by atoms with Crippen molar-refractivity contribution < 1.29 is 31.4 Å². The Morgan fingerprint density at radius 2 is 1.89 bits per heavy atom. The normalized spacial score (nSPS) is 7.33. The molecule has 0 aromatic rings. The molecule has 1 radical (unpaired) electrons. The van der Waals surface area contributed by atoms with Gasteiger partial charge in [0.2, 0.25) is 5.78 Å². The number of carbonyl (C=O) groups excluding carboxylic acids is 2. The van der Waals surface area contributed by atoms with Crippen molar-refractivity contribution in [3.63, 3.8) is 0 Å². The van der Waals surface area contributed by atoms with E-state index in [0.717, 1.165) is 0 Å². The minimum atomic E-state index is -0.757. The van der Waals surface area contributed by atoms with Crippen LogP contribution in [0.5, 0.6) is 0 Å². The Kier molecular flexibility index (Phi) is 7.37. The molecule has 0 saturated carbocycles. The molecule has 0 spiro atoms. The summed E-state index contributed by atoms with van der Waals surface area (Å²) in [6, 6.07) is 0. The maximum absolute atomic E-state index is 10.2. The average Bonchev–Trinajstić information content (AvgIpc) is 1.67. The molecule has 0 heterocycles. The first-order valence-electron chi connectivity index (χ1n) is 2.36. The summed E-state index contributed by atoms with van der Waals surface area (Å²) < 4.78 is 4.31. The van der Waals surface area contributed by atoms with Gasteiger partial charge in [-0.15, -0.1) is 0 Å². The molecule has 0 aliphatic heterocycles. The number of ketones is 1. The van der Waals surface area contributed by atoms with Gasteiger partial charge < -0.3 is 4.74 Å². The summed E-state index contributed by atoms with van der Waals surface area (Å²) in [6.45, 7) is 3.09. The molecule has 0 aliphatic rings. The van der Waals surface area contributed by atoms with E-state index in [2.05, 4.69) is 4.74 Å². The van der Waals surface area contributed by atoms with E-state index in [1.54, 1.807) is 6.92 Å². The SMILES string of the molecule is CCOC(=O)C(C)=O.[Fe+3]. The van der Waals surface area contributed by atoms with Crippen molar-refractivity contribution in [1.29, 1.82) is 0 Å². The molecule has 0 unspecified atom stereocenters. The number of Topliss-reactive ketones (excluding diaryl/α,β-unsaturated/α-hetero) is 1. The molecule has 0 aromatic carbocycles. The van der Waals surface area contributed by atoms with Crippen LogP contribution in [0, 0.1) is 0 Å². The fourth-order valence-electron chi connectivity index (χ4n) is 0.233. The van der Waals surface area contributed by atoms with E-state index in [9.17, 15) is 9.59 Å². The molecule has 0 atom stereocenters. The van der Waals surface area contributed by atoms with E-state index < -0.39 is 11.8 Å². The summed E-state index contributed by atoms with van der Waals surface area (Å²) in [5, 5.41) is 0. The molecule has 0 rings (SSSR count). The van der Waals surface area contributed by atoms with E-state index in [1.165, 1.54) is 6.92 Å². The zero-order chi connectivity index (χ0) is 6.57. The van der Waals surface area contributed by atoms with Crippen LogP contribution < -0.4 is 0 Å². The van der Waals surface area contributed by atoms with Crippen molar-refractivity contribution in [2.45, 2.75) is 13.8 Å². The van der Waals surface area contributed by atoms with Gasteiger partial charge >= 0.3 is 23.0 Å². The zero-order valence-corrected chi connectivity index (χ0v) is 6.39. The number of carbonyl (C=O) groups is 2. The molecular weight excluding hydrogens is 164 g/mol. The summed E-state index contributed by atoms with van der Waals surface area (Å²) >= 11 is 0. The van der Waals surface area contributed by atoms with Gasteiger partial charge in [0.25, 0.3) is 0 Å². The van der Waals surface area contributed by atoms with Crippen LogP contribution in [-0.4, -0.2) is 18.4 Å². The molecule has 3 nitrogen and oxygen atoms in total. The van der Waals surface area contributed by atoms with E-state index in [-0.39, 0.29) is 23.7 Å². The Hall–Kier alpha value is -0.341. The monoisotopic (exact) mass is 172 g/mol. The third-order valence-corrected chi connectivity index (χ3v) is 0.563. The smallest absolute Gasteiger partial charge is 0.460 e. The van der Waals surface area contributed by atoms with Crippen molar-refractivity contribution in [1.82, 2.24) is 0 Å². The van der Waals surface area contributed by atoms with Gasteiger partial charge in [-0.25, -0.2) is 4.79 Å². The van der Waals surface area contributed by atoms with Crippen LogP contribution in [0.1, 0.15) is 13.8 Å². The van der Waals surface area contributed by atoms with Gasteiger partial charge in [-0.2, -0.15) is 0 Å². The van der Waals surface area contributed by atoms with E-state index in [1.807, 2.05) is 0 Å². The number of hydrogen-bond acceptors (Lipinski definition) is 3. The van der Waals surface area contributed by atoms with Crippen molar-refractivity contribution in [3.05, 3.63) is 0 Å². The van der Waals surface area contributed by atoms with Crippen LogP contribution in [0.15, 0.2) is 0 Å².